The molecule has 2 unspecified atom stereocenters. The number of esters is 1. The van der Waals surface area contributed by atoms with Gasteiger partial charge >= 0.3 is 5.97 Å². The van der Waals surface area contributed by atoms with Crippen molar-refractivity contribution in [3.8, 4) is 0 Å². The predicted octanol–water partition coefficient (Wildman–Crippen LogP) is 3.52. The van der Waals surface area contributed by atoms with E-state index in [4.69, 9.17) is 4.74 Å². The lowest BCUT2D eigenvalue weighted by molar-refractivity contribution is -0.149. The van der Waals surface area contributed by atoms with Crippen LogP contribution in [0.5, 0.6) is 0 Å². The van der Waals surface area contributed by atoms with Crippen molar-refractivity contribution >= 4 is 17.3 Å². The summed E-state index contributed by atoms with van der Waals surface area (Å²) in [5.74, 6) is 0.0690. The molecule has 0 bridgehead atoms. The summed E-state index contributed by atoms with van der Waals surface area (Å²) in [5, 5.41) is 5.76. The monoisotopic (exact) mass is 281 g/mol. The largest absolute Gasteiger partial charge is 0.466 e. The van der Waals surface area contributed by atoms with Crippen LogP contribution in [-0.4, -0.2) is 18.6 Å². The van der Waals surface area contributed by atoms with Crippen LogP contribution in [0.1, 0.15) is 50.4 Å². The number of thiophene rings is 1. The molecule has 1 fully saturated rings. The van der Waals surface area contributed by atoms with E-state index in [1.165, 1.54) is 4.88 Å². The van der Waals surface area contributed by atoms with E-state index in [-0.39, 0.29) is 11.9 Å². The lowest BCUT2D eigenvalue weighted by Crippen LogP contribution is -2.38. The van der Waals surface area contributed by atoms with Crippen molar-refractivity contribution in [3.63, 3.8) is 0 Å². The Bertz CT molecular complexity index is 391. The Kier molecular flexibility index (Phi) is 5.40. The molecule has 0 aromatic carbocycles. The molecule has 0 spiro atoms. The molecule has 4 heteroatoms. The van der Waals surface area contributed by atoms with Crippen LogP contribution < -0.4 is 5.32 Å². The maximum absolute atomic E-state index is 11.8. The Balaban J connectivity index is 1.85. The number of nitrogens with one attached hydrogen (secondary N) is 1. The second-order valence-corrected chi connectivity index (χ2v) is 6.20. The zero-order chi connectivity index (χ0) is 13.7. The van der Waals surface area contributed by atoms with Gasteiger partial charge in [-0.25, -0.2) is 0 Å². The molecule has 19 heavy (non-hydrogen) atoms. The van der Waals surface area contributed by atoms with Gasteiger partial charge in [0.05, 0.1) is 12.5 Å². The van der Waals surface area contributed by atoms with Crippen molar-refractivity contribution in [1.29, 1.82) is 0 Å². The summed E-state index contributed by atoms with van der Waals surface area (Å²) in [4.78, 5) is 13.2. The highest BCUT2D eigenvalue weighted by Gasteiger charge is 2.28. The van der Waals surface area contributed by atoms with E-state index < -0.39 is 0 Å². The first-order valence-electron chi connectivity index (χ1n) is 7.16. The molecule has 106 valence electrons. The third kappa shape index (κ3) is 4.05. The zero-order valence-electron chi connectivity index (χ0n) is 11.7. The number of ether oxygens (including phenoxy) is 1. The smallest absolute Gasteiger partial charge is 0.308 e. The van der Waals surface area contributed by atoms with Gasteiger partial charge in [-0.2, -0.15) is 0 Å². The third-order valence-corrected chi connectivity index (χ3v) is 4.80. The van der Waals surface area contributed by atoms with Crippen LogP contribution in [0, 0.1) is 5.92 Å². The Morgan fingerprint density at radius 2 is 2.42 bits per heavy atom. The fourth-order valence-corrected chi connectivity index (χ4v) is 3.53. The van der Waals surface area contributed by atoms with E-state index in [0.29, 0.717) is 18.7 Å². The first-order chi connectivity index (χ1) is 9.20. The summed E-state index contributed by atoms with van der Waals surface area (Å²) in [6.07, 6.45) is 4.16. The van der Waals surface area contributed by atoms with Gasteiger partial charge in [0.2, 0.25) is 0 Å². The van der Waals surface area contributed by atoms with Crippen molar-refractivity contribution < 1.29 is 9.53 Å². The number of hydrogen-bond donors (Lipinski definition) is 1. The number of carbonyl (C=O) groups excluding carboxylic acids is 1. The van der Waals surface area contributed by atoms with Gasteiger partial charge in [-0.05, 0) is 44.6 Å². The van der Waals surface area contributed by atoms with Gasteiger partial charge in [-0.15, -0.1) is 11.3 Å². The fraction of sp³-hybridized carbons (Fsp3) is 0.667. The first kappa shape index (κ1) is 14.5. The van der Waals surface area contributed by atoms with Crippen molar-refractivity contribution in [1.82, 2.24) is 5.32 Å². The summed E-state index contributed by atoms with van der Waals surface area (Å²) in [6.45, 7) is 4.55. The third-order valence-electron chi connectivity index (χ3n) is 3.75. The summed E-state index contributed by atoms with van der Waals surface area (Å²) >= 11 is 1.78. The number of rotatable bonds is 5. The summed E-state index contributed by atoms with van der Waals surface area (Å²) in [5.41, 5.74) is 0. The van der Waals surface area contributed by atoms with Gasteiger partial charge in [-0.1, -0.05) is 12.5 Å². The van der Waals surface area contributed by atoms with Gasteiger partial charge < -0.3 is 10.1 Å². The van der Waals surface area contributed by atoms with Crippen molar-refractivity contribution in [3.05, 3.63) is 22.4 Å². The highest BCUT2D eigenvalue weighted by Crippen LogP contribution is 2.28. The lowest BCUT2D eigenvalue weighted by atomic mass is 9.85. The van der Waals surface area contributed by atoms with Crippen molar-refractivity contribution in [2.45, 2.75) is 51.6 Å². The first-order valence-corrected chi connectivity index (χ1v) is 8.04. The normalized spacial score (nSPS) is 24.9. The molecule has 1 N–H and O–H groups in total. The standard InChI is InChI=1S/C15H23NO2S/c1-3-18-15(17)12-6-4-7-13(10-12)16-11(2)14-8-5-9-19-14/h5,8-9,11-13,16H,3-4,6-7,10H2,1-2H3/t11-,12?,13?/m0/s1. The van der Waals surface area contributed by atoms with Gasteiger partial charge in [0.1, 0.15) is 0 Å². The van der Waals surface area contributed by atoms with Crippen LogP contribution in [0.3, 0.4) is 0 Å². The fourth-order valence-electron chi connectivity index (χ4n) is 2.79. The van der Waals surface area contributed by atoms with Crippen LogP contribution in [-0.2, 0) is 9.53 Å². The van der Waals surface area contributed by atoms with E-state index in [1.807, 2.05) is 6.92 Å². The molecule has 1 aliphatic carbocycles. The van der Waals surface area contributed by atoms with Gasteiger partial charge in [0.25, 0.3) is 0 Å². The minimum atomic E-state index is -0.0159. The maximum atomic E-state index is 11.8. The Morgan fingerprint density at radius 3 is 3.11 bits per heavy atom. The van der Waals surface area contributed by atoms with Crippen LogP contribution in [0.25, 0.3) is 0 Å². The molecule has 0 aliphatic heterocycles. The molecule has 3 nitrogen and oxygen atoms in total. The quantitative estimate of drug-likeness (QED) is 0.839. The number of carbonyl (C=O) groups is 1. The summed E-state index contributed by atoms with van der Waals surface area (Å²) in [7, 11) is 0. The van der Waals surface area contributed by atoms with E-state index in [1.54, 1.807) is 11.3 Å². The van der Waals surface area contributed by atoms with E-state index in [9.17, 15) is 4.79 Å². The molecule has 1 aliphatic rings. The Hall–Kier alpha value is -0.870. The average molecular weight is 281 g/mol. The highest BCUT2D eigenvalue weighted by atomic mass is 32.1. The van der Waals surface area contributed by atoms with E-state index in [2.05, 4.69) is 29.8 Å². The molecule has 0 amide bonds. The highest BCUT2D eigenvalue weighted by molar-refractivity contribution is 7.10. The molecule has 1 saturated carbocycles. The number of hydrogen-bond acceptors (Lipinski definition) is 4. The zero-order valence-corrected chi connectivity index (χ0v) is 12.5. The summed E-state index contributed by atoms with van der Waals surface area (Å²) in [6, 6.07) is 5.04. The van der Waals surface area contributed by atoms with Crippen LogP contribution in [0.2, 0.25) is 0 Å². The molecule has 0 saturated heterocycles. The Morgan fingerprint density at radius 1 is 1.58 bits per heavy atom. The molecule has 2 rings (SSSR count). The van der Waals surface area contributed by atoms with E-state index >= 15 is 0 Å². The topological polar surface area (TPSA) is 38.3 Å². The molecular formula is C15H23NO2S. The molecule has 1 heterocycles. The van der Waals surface area contributed by atoms with Crippen molar-refractivity contribution in [2.24, 2.45) is 5.92 Å². The molecule has 1 aromatic heterocycles. The predicted molar refractivity (Wildman–Crippen MR) is 78.2 cm³/mol. The van der Waals surface area contributed by atoms with Crippen LogP contribution in [0.15, 0.2) is 17.5 Å². The molecule has 3 atom stereocenters. The molecular weight excluding hydrogens is 258 g/mol. The minimum absolute atomic E-state index is 0.0159. The van der Waals surface area contributed by atoms with Gasteiger partial charge in [0, 0.05) is 17.0 Å². The second kappa shape index (κ2) is 7.06. The minimum Gasteiger partial charge on any atom is -0.466 e. The van der Waals surface area contributed by atoms with Gasteiger partial charge in [0.15, 0.2) is 0 Å². The lowest BCUT2D eigenvalue weighted by Gasteiger charge is -2.30. The van der Waals surface area contributed by atoms with Crippen LogP contribution >= 0.6 is 11.3 Å². The second-order valence-electron chi connectivity index (χ2n) is 5.22. The Labute approximate surface area is 119 Å². The maximum Gasteiger partial charge on any atom is 0.308 e. The molecule has 1 aromatic rings. The van der Waals surface area contributed by atoms with E-state index in [0.717, 1.165) is 25.7 Å². The average Bonchev–Trinajstić information content (AvgIpc) is 2.93. The van der Waals surface area contributed by atoms with Crippen molar-refractivity contribution in [2.75, 3.05) is 6.61 Å². The SMILES string of the molecule is CCOC(=O)C1CCCC(N[C@@H](C)c2cccs2)C1. The van der Waals surface area contributed by atoms with Crippen LogP contribution in [0.4, 0.5) is 0 Å². The van der Waals surface area contributed by atoms with Gasteiger partial charge in [-0.3, -0.25) is 4.79 Å². The molecule has 0 radical (unpaired) electrons. The summed E-state index contributed by atoms with van der Waals surface area (Å²) < 4.78 is 5.14.